The number of nitrogens with one attached hydrogen (secondary N) is 1. The molecule has 0 radical (unpaired) electrons. The molecular formula is C14H13N3O4S. The van der Waals surface area contributed by atoms with Crippen molar-refractivity contribution in [1.82, 2.24) is 4.90 Å². The van der Waals surface area contributed by atoms with Crippen LogP contribution >= 0.6 is 11.3 Å². The highest BCUT2D eigenvalue weighted by molar-refractivity contribution is 7.17. The van der Waals surface area contributed by atoms with Gasteiger partial charge in [-0.05, 0) is 30.3 Å². The molecule has 8 heteroatoms. The van der Waals surface area contributed by atoms with E-state index in [2.05, 4.69) is 5.32 Å². The predicted molar refractivity (Wildman–Crippen MR) is 83.4 cm³/mol. The van der Waals surface area contributed by atoms with Crippen molar-refractivity contribution in [2.24, 2.45) is 0 Å². The first-order valence-corrected chi connectivity index (χ1v) is 7.07. The first-order valence-electron chi connectivity index (χ1n) is 6.26. The molecule has 0 bridgehead atoms. The number of nitrogens with zero attached hydrogens (tertiary/aromatic N) is 2. The van der Waals surface area contributed by atoms with Crippen LogP contribution in [0, 0.1) is 10.1 Å². The van der Waals surface area contributed by atoms with Gasteiger partial charge in [-0.1, -0.05) is 11.3 Å². The molecule has 2 aromatic rings. The van der Waals surface area contributed by atoms with Gasteiger partial charge in [-0.25, -0.2) is 0 Å². The molecule has 2 rings (SSSR count). The van der Waals surface area contributed by atoms with Gasteiger partial charge < -0.3 is 10.2 Å². The molecule has 1 heterocycles. The number of rotatable bonds is 4. The van der Waals surface area contributed by atoms with Crippen LogP contribution in [0.1, 0.15) is 20.0 Å². The normalized spacial score (nSPS) is 10.1. The van der Waals surface area contributed by atoms with Gasteiger partial charge in [0.2, 0.25) is 0 Å². The lowest BCUT2D eigenvalue weighted by atomic mass is 10.2. The zero-order valence-corrected chi connectivity index (χ0v) is 12.7. The summed E-state index contributed by atoms with van der Waals surface area (Å²) in [5.41, 5.74) is 1.02. The van der Waals surface area contributed by atoms with E-state index in [4.69, 9.17) is 0 Å². The third-order valence-electron chi connectivity index (χ3n) is 2.79. The Kier molecular flexibility index (Phi) is 4.52. The Bertz CT molecular complexity index is 722. The minimum atomic E-state index is -0.539. The van der Waals surface area contributed by atoms with Crippen molar-refractivity contribution < 1.29 is 14.5 Å². The third-order valence-corrected chi connectivity index (χ3v) is 3.83. The molecule has 114 valence electrons. The molecule has 0 saturated heterocycles. The number of anilines is 1. The lowest BCUT2D eigenvalue weighted by Gasteiger charge is -2.10. The number of nitro groups is 1. The molecule has 1 aromatic heterocycles. The fraction of sp³-hybridized carbons (Fsp3) is 0.143. The lowest BCUT2D eigenvalue weighted by molar-refractivity contribution is -0.380. The fourth-order valence-electron chi connectivity index (χ4n) is 1.69. The molecular weight excluding hydrogens is 306 g/mol. The summed E-state index contributed by atoms with van der Waals surface area (Å²) in [4.78, 5) is 35.5. The average molecular weight is 319 g/mol. The zero-order chi connectivity index (χ0) is 16.3. The first kappa shape index (κ1) is 15.6. The van der Waals surface area contributed by atoms with Crippen LogP contribution in [0.2, 0.25) is 0 Å². The van der Waals surface area contributed by atoms with Gasteiger partial charge >= 0.3 is 5.00 Å². The molecule has 0 atom stereocenters. The molecule has 0 saturated carbocycles. The van der Waals surface area contributed by atoms with Crippen LogP contribution in [-0.4, -0.2) is 35.7 Å². The summed E-state index contributed by atoms with van der Waals surface area (Å²) in [5, 5.41) is 13.1. The molecule has 0 spiro atoms. The second kappa shape index (κ2) is 6.35. The number of hydrogen-bond acceptors (Lipinski definition) is 5. The highest BCUT2D eigenvalue weighted by Crippen LogP contribution is 2.24. The van der Waals surface area contributed by atoms with E-state index in [9.17, 15) is 19.7 Å². The molecule has 0 aliphatic carbocycles. The molecule has 0 aliphatic rings. The molecule has 2 amide bonds. The highest BCUT2D eigenvalue weighted by Gasteiger charge is 2.15. The standard InChI is InChI=1S/C14H13N3O4S/c1-16(2)14(19)9-3-5-10(6-4-9)15-13(18)11-7-8-12(22-11)17(20)21/h3-8H,1-2H3,(H,15,18). The number of amides is 2. The number of carbonyl (C=O) groups is 2. The maximum absolute atomic E-state index is 12.0. The monoisotopic (exact) mass is 319 g/mol. The summed E-state index contributed by atoms with van der Waals surface area (Å²) in [7, 11) is 3.31. The van der Waals surface area contributed by atoms with Crippen molar-refractivity contribution in [3.05, 3.63) is 57.0 Å². The Morgan fingerprint density at radius 3 is 2.27 bits per heavy atom. The quantitative estimate of drug-likeness (QED) is 0.692. The van der Waals surface area contributed by atoms with Crippen molar-refractivity contribution in [3.63, 3.8) is 0 Å². The van der Waals surface area contributed by atoms with Gasteiger partial charge in [0.15, 0.2) is 0 Å². The maximum Gasteiger partial charge on any atom is 0.324 e. The van der Waals surface area contributed by atoms with Crippen LogP contribution in [-0.2, 0) is 0 Å². The van der Waals surface area contributed by atoms with Gasteiger partial charge in [0, 0.05) is 31.4 Å². The molecule has 0 fully saturated rings. The molecule has 22 heavy (non-hydrogen) atoms. The van der Waals surface area contributed by atoms with E-state index in [1.807, 2.05) is 0 Å². The summed E-state index contributed by atoms with van der Waals surface area (Å²) in [6, 6.07) is 9.12. The maximum atomic E-state index is 12.0. The SMILES string of the molecule is CN(C)C(=O)c1ccc(NC(=O)c2ccc([N+](=O)[O-])s2)cc1. The second-order valence-electron chi connectivity index (χ2n) is 4.63. The number of hydrogen-bond donors (Lipinski definition) is 1. The number of carbonyl (C=O) groups excluding carboxylic acids is 2. The van der Waals surface area contributed by atoms with E-state index in [1.54, 1.807) is 38.4 Å². The third kappa shape index (κ3) is 3.47. The van der Waals surface area contributed by atoms with Gasteiger partial charge in [-0.3, -0.25) is 19.7 Å². The summed E-state index contributed by atoms with van der Waals surface area (Å²) >= 11 is 0.808. The largest absolute Gasteiger partial charge is 0.345 e. The Morgan fingerprint density at radius 1 is 1.14 bits per heavy atom. The summed E-state index contributed by atoms with van der Waals surface area (Å²) in [6.45, 7) is 0. The van der Waals surface area contributed by atoms with Crippen molar-refractivity contribution >= 4 is 33.8 Å². The van der Waals surface area contributed by atoms with Crippen LogP contribution < -0.4 is 5.32 Å². The van der Waals surface area contributed by atoms with Crippen LogP contribution in [0.15, 0.2) is 36.4 Å². The number of benzene rings is 1. The van der Waals surface area contributed by atoms with E-state index in [0.29, 0.717) is 11.3 Å². The number of thiophene rings is 1. The first-order chi connectivity index (χ1) is 10.4. The molecule has 7 nitrogen and oxygen atoms in total. The summed E-state index contributed by atoms with van der Waals surface area (Å²) in [6.07, 6.45) is 0. The van der Waals surface area contributed by atoms with Gasteiger partial charge in [-0.15, -0.1) is 0 Å². The van der Waals surface area contributed by atoms with Gasteiger partial charge in [0.05, 0.1) is 9.80 Å². The molecule has 1 aromatic carbocycles. The van der Waals surface area contributed by atoms with Crippen LogP contribution in [0.25, 0.3) is 0 Å². The summed E-state index contributed by atoms with van der Waals surface area (Å²) in [5.74, 6) is -0.559. The molecule has 1 N–H and O–H groups in total. The minimum absolute atomic E-state index is 0.0860. The Labute approximate surface area is 130 Å². The summed E-state index contributed by atoms with van der Waals surface area (Å²) < 4.78 is 0. The van der Waals surface area contributed by atoms with E-state index < -0.39 is 10.8 Å². The smallest absolute Gasteiger partial charge is 0.324 e. The Hall–Kier alpha value is -2.74. The van der Waals surface area contributed by atoms with E-state index in [-0.39, 0.29) is 15.8 Å². The molecule has 0 aliphatic heterocycles. The van der Waals surface area contributed by atoms with E-state index in [1.165, 1.54) is 17.0 Å². The van der Waals surface area contributed by atoms with Gasteiger partial charge in [0.25, 0.3) is 11.8 Å². The topological polar surface area (TPSA) is 92.6 Å². The van der Waals surface area contributed by atoms with Crippen LogP contribution in [0.5, 0.6) is 0 Å². The van der Waals surface area contributed by atoms with Gasteiger partial charge in [-0.2, -0.15) is 0 Å². The minimum Gasteiger partial charge on any atom is -0.345 e. The van der Waals surface area contributed by atoms with Crippen molar-refractivity contribution in [2.75, 3.05) is 19.4 Å². The Morgan fingerprint density at radius 2 is 1.77 bits per heavy atom. The second-order valence-corrected chi connectivity index (χ2v) is 5.69. The van der Waals surface area contributed by atoms with Crippen LogP contribution in [0.3, 0.4) is 0 Å². The zero-order valence-electron chi connectivity index (χ0n) is 11.9. The van der Waals surface area contributed by atoms with E-state index in [0.717, 1.165) is 11.3 Å². The van der Waals surface area contributed by atoms with Gasteiger partial charge in [0.1, 0.15) is 0 Å². The van der Waals surface area contributed by atoms with Crippen LogP contribution in [0.4, 0.5) is 10.7 Å². The van der Waals surface area contributed by atoms with E-state index >= 15 is 0 Å². The average Bonchev–Trinajstić information content (AvgIpc) is 2.97. The predicted octanol–water partition coefficient (Wildman–Crippen LogP) is 2.61. The Balaban J connectivity index is 2.08. The highest BCUT2D eigenvalue weighted by atomic mass is 32.1. The van der Waals surface area contributed by atoms with Crippen molar-refractivity contribution in [3.8, 4) is 0 Å². The van der Waals surface area contributed by atoms with Crippen molar-refractivity contribution in [1.29, 1.82) is 0 Å². The van der Waals surface area contributed by atoms with Crippen molar-refractivity contribution in [2.45, 2.75) is 0 Å². The fourth-order valence-corrected chi connectivity index (χ4v) is 2.41. The lowest BCUT2D eigenvalue weighted by Crippen LogP contribution is -2.21. The molecule has 0 unspecified atom stereocenters.